The van der Waals surface area contributed by atoms with Gasteiger partial charge in [0.1, 0.15) is 0 Å². The number of thioether (sulfide) groups is 1. The maximum absolute atomic E-state index is 4.56. The Morgan fingerprint density at radius 2 is 1.65 bits per heavy atom. The number of hydrogen-bond acceptors (Lipinski definition) is 4. The average molecular weight is 328 g/mol. The lowest BCUT2D eigenvalue weighted by Gasteiger charge is -2.19. The number of anilines is 1. The monoisotopic (exact) mass is 328 g/mol. The molecule has 2 aliphatic rings. The normalized spacial score (nSPS) is 18.9. The van der Waals surface area contributed by atoms with Crippen LogP contribution >= 0.6 is 11.8 Å². The molecule has 1 aliphatic carbocycles. The van der Waals surface area contributed by atoms with Gasteiger partial charge in [0.25, 0.3) is 0 Å². The highest BCUT2D eigenvalue weighted by Crippen LogP contribution is 2.36. The van der Waals surface area contributed by atoms with Crippen LogP contribution in [-0.4, -0.2) is 33.1 Å². The summed E-state index contributed by atoms with van der Waals surface area (Å²) >= 11 is 1.92. The summed E-state index contributed by atoms with van der Waals surface area (Å²) in [6, 6.07) is 8.73. The molecule has 0 radical (unpaired) electrons. The summed E-state index contributed by atoms with van der Waals surface area (Å²) in [6.07, 6.45) is 7.84. The molecular weight excluding hydrogens is 304 g/mol. The molecule has 0 amide bonds. The van der Waals surface area contributed by atoms with Crippen molar-refractivity contribution >= 4 is 17.7 Å². The number of rotatable bonds is 4. The largest absolute Gasteiger partial charge is 0.341 e. The second-order valence-electron chi connectivity index (χ2n) is 6.67. The summed E-state index contributed by atoms with van der Waals surface area (Å²) in [5, 5.41) is 10.9. The van der Waals surface area contributed by atoms with E-state index >= 15 is 0 Å². The number of benzene rings is 1. The van der Waals surface area contributed by atoms with Crippen molar-refractivity contribution in [2.45, 2.75) is 55.9 Å². The van der Waals surface area contributed by atoms with Crippen molar-refractivity contribution in [3.05, 3.63) is 29.8 Å². The Kier molecular flexibility index (Phi) is 4.29. The molecule has 4 nitrogen and oxygen atoms in total. The second kappa shape index (κ2) is 6.56. The Bertz CT molecular complexity index is 652. The summed E-state index contributed by atoms with van der Waals surface area (Å²) in [4.78, 5) is 2.38. The van der Waals surface area contributed by atoms with E-state index in [0.29, 0.717) is 5.25 Å². The molecule has 122 valence electrons. The van der Waals surface area contributed by atoms with E-state index in [4.69, 9.17) is 0 Å². The van der Waals surface area contributed by atoms with E-state index in [-0.39, 0.29) is 0 Å². The van der Waals surface area contributed by atoms with Gasteiger partial charge in [-0.3, -0.25) is 4.57 Å². The van der Waals surface area contributed by atoms with Crippen molar-refractivity contribution in [2.75, 3.05) is 18.0 Å². The fourth-order valence-corrected chi connectivity index (χ4v) is 4.78. The third kappa shape index (κ3) is 3.11. The predicted molar refractivity (Wildman–Crippen MR) is 95.7 cm³/mol. The molecule has 1 aromatic carbocycles. The molecule has 0 bridgehead atoms. The molecule has 1 saturated carbocycles. The third-order valence-corrected chi connectivity index (χ3v) is 6.15. The van der Waals surface area contributed by atoms with Crippen LogP contribution in [0.4, 0.5) is 5.95 Å². The first-order valence-corrected chi connectivity index (χ1v) is 9.63. The lowest BCUT2D eigenvalue weighted by molar-refractivity contribution is 0.829. The van der Waals surface area contributed by atoms with Gasteiger partial charge in [-0.25, -0.2) is 0 Å². The first-order valence-electron chi connectivity index (χ1n) is 8.75. The lowest BCUT2D eigenvalue weighted by atomic mass is 10.2. The number of nitrogens with zero attached hydrogens (tertiary/aromatic N) is 4. The van der Waals surface area contributed by atoms with E-state index in [1.165, 1.54) is 49.8 Å². The Labute approximate surface area is 142 Å². The molecule has 1 aromatic heterocycles. The van der Waals surface area contributed by atoms with Crippen LogP contribution in [0.5, 0.6) is 0 Å². The van der Waals surface area contributed by atoms with Crippen molar-refractivity contribution in [1.82, 2.24) is 14.8 Å². The van der Waals surface area contributed by atoms with Gasteiger partial charge in [-0.05, 0) is 44.7 Å². The molecule has 0 atom stereocenters. The second-order valence-corrected chi connectivity index (χ2v) is 7.94. The maximum Gasteiger partial charge on any atom is 0.232 e. The highest BCUT2D eigenvalue weighted by Gasteiger charge is 2.25. The standard InChI is InChI=1S/C18H24N4S/c1-14-8-10-15(11-9-14)22-17(21-12-4-5-13-21)19-20-18(22)23-16-6-2-3-7-16/h8-11,16H,2-7,12-13H2,1H3. The summed E-state index contributed by atoms with van der Waals surface area (Å²) in [6.45, 7) is 4.32. The van der Waals surface area contributed by atoms with Gasteiger partial charge in [0, 0.05) is 18.3 Å². The molecule has 23 heavy (non-hydrogen) atoms. The van der Waals surface area contributed by atoms with E-state index in [1.54, 1.807) is 0 Å². The van der Waals surface area contributed by atoms with Crippen LogP contribution in [0.1, 0.15) is 44.1 Å². The third-order valence-electron chi connectivity index (χ3n) is 4.87. The first kappa shape index (κ1) is 15.1. The van der Waals surface area contributed by atoms with Gasteiger partial charge in [0.15, 0.2) is 5.16 Å². The number of aryl methyl sites for hydroxylation is 1. The van der Waals surface area contributed by atoms with Crippen molar-refractivity contribution in [1.29, 1.82) is 0 Å². The van der Waals surface area contributed by atoms with Crippen LogP contribution in [0.2, 0.25) is 0 Å². The molecule has 0 N–H and O–H groups in total. The molecular formula is C18H24N4S. The van der Waals surface area contributed by atoms with Crippen LogP contribution in [0, 0.1) is 6.92 Å². The van der Waals surface area contributed by atoms with Crippen LogP contribution in [-0.2, 0) is 0 Å². The highest BCUT2D eigenvalue weighted by atomic mass is 32.2. The van der Waals surface area contributed by atoms with Crippen molar-refractivity contribution < 1.29 is 0 Å². The van der Waals surface area contributed by atoms with Gasteiger partial charge in [0.05, 0.1) is 5.69 Å². The minimum Gasteiger partial charge on any atom is -0.341 e. The number of hydrogen-bond donors (Lipinski definition) is 0. The van der Waals surface area contributed by atoms with Crippen molar-refractivity contribution in [3.63, 3.8) is 0 Å². The van der Waals surface area contributed by atoms with Gasteiger partial charge < -0.3 is 4.90 Å². The molecule has 2 fully saturated rings. The Balaban J connectivity index is 1.71. The summed E-state index contributed by atoms with van der Waals surface area (Å²) in [5.74, 6) is 1.02. The van der Waals surface area contributed by atoms with Crippen LogP contribution < -0.4 is 4.90 Å². The molecule has 1 saturated heterocycles. The molecule has 0 spiro atoms. The summed E-state index contributed by atoms with van der Waals surface area (Å²) < 4.78 is 2.27. The van der Waals surface area contributed by atoms with Crippen molar-refractivity contribution in [3.8, 4) is 5.69 Å². The van der Waals surface area contributed by atoms with E-state index in [9.17, 15) is 0 Å². The van der Waals surface area contributed by atoms with Gasteiger partial charge in [-0.2, -0.15) is 0 Å². The first-order chi connectivity index (χ1) is 11.3. The lowest BCUT2D eigenvalue weighted by Crippen LogP contribution is -2.22. The fraction of sp³-hybridized carbons (Fsp3) is 0.556. The molecule has 5 heteroatoms. The molecule has 2 aromatic rings. The summed E-state index contributed by atoms with van der Waals surface area (Å²) in [5.41, 5.74) is 2.47. The predicted octanol–water partition coefficient (Wildman–Crippen LogP) is 4.21. The van der Waals surface area contributed by atoms with Gasteiger partial charge in [0.2, 0.25) is 5.95 Å². The zero-order valence-electron chi connectivity index (χ0n) is 13.7. The maximum atomic E-state index is 4.56. The van der Waals surface area contributed by atoms with Crippen LogP contribution in [0.3, 0.4) is 0 Å². The average Bonchev–Trinajstić information content (AvgIpc) is 3.29. The highest BCUT2D eigenvalue weighted by molar-refractivity contribution is 7.99. The smallest absolute Gasteiger partial charge is 0.232 e. The Hall–Kier alpha value is -1.49. The topological polar surface area (TPSA) is 34.0 Å². The number of aromatic nitrogens is 3. The molecule has 4 rings (SSSR count). The Morgan fingerprint density at radius 1 is 0.957 bits per heavy atom. The van der Waals surface area contributed by atoms with Crippen molar-refractivity contribution in [2.24, 2.45) is 0 Å². The summed E-state index contributed by atoms with van der Waals surface area (Å²) in [7, 11) is 0. The minimum atomic E-state index is 0.704. The van der Waals surface area contributed by atoms with E-state index < -0.39 is 0 Å². The van der Waals surface area contributed by atoms with Gasteiger partial charge >= 0.3 is 0 Å². The minimum absolute atomic E-state index is 0.704. The quantitative estimate of drug-likeness (QED) is 0.842. The molecule has 0 unspecified atom stereocenters. The zero-order valence-corrected chi connectivity index (χ0v) is 14.6. The van der Waals surface area contributed by atoms with E-state index in [2.05, 4.69) is 50.9 Å². The van der Waals surface area contributed by atoms with Gasteiger partial charge in [-0.15, -0.1) is 10.2 Å². The fourth-order valence-electron chi connectivity index (χ4n) is 3.54. The van der Waals surface area contributed by atoms with Gasteiger partial charge in [-0.1, -0.05) is 42.3 Å². The SMILES string of the molecule is Cc1ccc(-n2c(SC3CCCC3)nnc2N2CCCC2)cc1. The Morgan fingerprint density at radius 3 is 2.35 bits per heavy atom. The van der Waals surface area contributed by atoms with E-state index in [0.717, 1.165) is 24.2 Å². The van der Waals surface area contributed by atoms with E-state index in [1.807, 2.05) is 11.8 Å². The van der Waals surface area contributed by atoms with Crippen LogP contribution in [0.25, 0.3) is 5.69 Å². The molecule has 2 heterocycles. The zero-order chi connectivity index (χ0) is 15.6. The van der Waals surface area contributed by atoms with Crippen LogP contribution in [0.15, 0.2) is 29.4 Å². The molecule has 1 aliphatic heterocycles.